The van der Waals surface area contributed by atoms with Crippen molar-refractivity contribution in [3.63, 3.8) is 0 Å². The van der Waals surface area contributed by atoms with E-state index in [-0.39, 0.29) is 10.9 Å². The van der Waals surface area contributed by atoms with E-state index < -0.39 is 10.0 Å². The van der Waals surface area contributed by atoms with Crippen molar-refractivity contribution in [1.29, 1.82) is 0 Å². The third kappa shape index (κ3) is 4.74. The van der Waals surface area contributed by atoms with Crippen molar-refractivity contribution in [3.8, 4) is 11.5 Å². The van der Waals surface area contributed by atoms with Gasteiger partial charge in [0, 0.05) is 6.04 Å². The second-order valence-electron chi connectivity index (χ2n) is 5.72. The first kappa shape index (κ1) is 19.3. The molecule has 2 aromatic rings. The minimum atomic E-state index is -3.62. The second kappa shape index (κ2) is 8.36. The van der Waals surface area contributed by atoms with Gasteiger partial charge in [0.15, 0.2) is 0 Å². The number of sulfonamides is 1. The quantitative estimate of drug-likeness (QED) is 0.774. The van der Waals surface area contributed by atoms with Gasteiger partial charge in [-0.1, -0.05) is 19.1 Å². The zero-order valence-electron chi connectivity index (χ0n) is 15.1. The molecule has 1 atom stereocenters. The van der Waals surface area contributed by atoms with E-state index in [1.54, 1.807) is 31.4 Å². The van der Waals surface area contributed by atoms with Crippen molar-refractivity contribution in [2.45, 2.75) is 38.1 Å². The van der Waals surface area contributed by atoms with Gasteiger partial charge in [0.1, 0.15) is 11.5 Å². The third-order valence-corrected chi connectivity index (χ3v) is 5.46. The van der Waals surface area contributed by atoms with Crippen LogP contribution in [-0.2, 0) is 10.0 Å². The minimum Gasteiger partial charge on any atom is -0.496 e. The first-order chi connectivity index (χ1) is 11.9. The molecule has 0 saturated carbocycles. The molecule has 6 heteroatoms. The summed E-state index contributed by atoms with van der Waals surface area (Å²) in [6.45, 7) is 6.31. The van der Waals surface area contributed by atoms with Gasteiger partial charge in [-0.2, -0.15) is 0 Å². The van der Waals surface area contributed by atoms with E-state index in [0.29, 0.717) is 18.8 Å². The number of ether oxygens (including phenoxy) is 2. The lowest BCUT2D eigenvalue weighted by Crippen LogP contribution is -2.28. The highest BCUT2D eigenvalue weighted by atomic mass is 32.2. The second-order valence-corrected chi connectivity index (χ2v) is 7.43. The normalized spacial score (nSPS) is 12.6. The minimum absolute atomic E-state index is 0.222. The molecule has 2 aromatic carbocycles. The van der Waals surface area contributed by atoms with Crippen molar-refractivity contribution >= 4 is 10.0 Å². The third-order valence-electron chi connectivity index (χ3n) is 3.97. The fourth-order valence-electron chi connectivity index (χ4n) is 2.64. The summed E-state index contributed by atoms with van der Waals surface area (Å²) < 4.78 is 38.8. The predicted molar refractivity (Wildman–Crippen MR) is 98.7 cm³/mol. The summed E-state index contributed by atoms with van der Waals surface area (Å²) in [5, 5.41) is 0. The highest BCUT2D eigenvalue weighted by Gasteiger charge is 2.21. The Kier molecular flexibility index (Phi) is 6.45. The van der Waals surface area contributed by atoms with Gasteiger partial charge in [-0.3, -0.25) is 0 Å². The molecule has 136 valence electrons. The maximum absolute atomic E-state index is 12.7. The summed E-state index contributed by atoms with van der Waals surface area (Å²) in [5.74, 6) is 1.44. The molecule has 1 N–H and O–H groups in total. The standard InChI is InChI=1S/C19H25NO4S/c1-5-18(15-7-12-19(23-4)14(3)13-15)20-25(21,22)17-10-8-16(9-11-17)24-6-2/h7-13,18,20H,5-6H2,1-4H3/t18-/m0/s1. The largest absolute Gasteiger partial charge is 0.496 e. The summed E-state index contributed by atoms with van der Waals surface area (Å²) in [6.07, 6.45) is 0.641. The Morgan fingerprint density at radius 2 is 1.76 bits per heavy atom. The fraction of sp³-hybridized carbons (Fsp3) is 0.368. The molecule has 0 bridgehead atoms. The Bertz CT molecular complexity index is 801. The Balaban J connectivity index is 2.23. The van der Waals surface area contributed by atoms with Crippen molar-refractivity contribution < 1.29 is 17.9 Å². The molecule has 5 nitrogen and oxygen atoms in total. The summed E-state index contributed by atoms with van der Waals surface area (Å²) >= 11 is 0. The van der Waals surface area contributed by atoms with Crippen LogP contribution < -0.4 is 14.2 Å². The Morgan fingerprint density at radius 1 is 1.08 bits per heavy atom. The average molecular weight is 363 g/mol. The van der Waals surface area contributed by atoms with E-state index in [0.717, 1.165) is 16.9 Å². The van der Waals surface area contributed by atoms with Gasteiger partial charge < -0.3 is 9.47 Å². The first-order valence-corrected chi connectivity index (χ1v) is 9.79. The number of hydrogen-bond acceptors (Lipinski definition) is 4. The van der Waals surface area contributed by atoms with Gasteiger partial charge in [-0.05, 0) is 61.7 Å². The van der Waals surface area contributed by atoms with Gasteiger partial charge in [0.2, 0.25) is 10.0 Å². The highest BCUT2D eigenvalue weighted by molar-refractivity contribution is 7.89. The van der Waals surface area contributed by atoms with Crippen LogP contribution in [0.4, 0.5) is 0 Å². The monoisotopic (exact) mass is 363 g/mol. The molecule has 0 amide bonds. The molecule has 0 aliphatic rings. The van der Waals surface area contributed by atoms with Crippen LogP contribution in [0.1, 0.15) is 37.4 Å². The molecule has 0 radical (unpaired) electrons. The van der Waals surface area contributed by atoms with Crippen LogP contribution in [0.5, 0.6) is 11.5 Å². The van der Waals surface area contributed by atoms with E-state index in [1.807, 2.05) is 39.0 Å². The van der Waals surface area contributed by atoms with Gasteiger partial charge in [0.25, 0.3) is 0 Å². The molecule has 0 unspecified atom stereocenters. The van der Waals surface area contributed by atoms with Crippen molar-refractivity contribution in [1.82, 2.24) is 4.72 Å². The molecule has 0 heterocycles. The lowest BCUT2D eigenvalue weighted by Gasteiger charge is -2.19. The van der Waals surface area contributed by atoms with E-state index in [9.17, 15) is 8.42 Å². The number of aryl methyl sites for hydroxylation is 1. The van der Waals surface area contributed by atoms with Gasteiger partial charge >= 0.3 is 0 Å². The highest BCUT2D eigenvalue weighted by Crippen LogP contribution is 2.26. The van der Waals surface area contributed by atoms with Crippen molar-refractivity contribution in [3.05, 3.63) is 53.6 Å². The summed E-state index contributed by atoms with van der Waals surface area (Å²) in [4.78, 5) is 0.222. The number of nitrogens with one attached hydrogen (secondary N) is 1. The van der Waals surface area contributed by atoms with E-state index in [4.69, 9.17) is 9.47 Å². The number of rotatable bonds is 8. The van der Waals surface area contributed by atoms with E-state index in [1.165, 1.54) is 0 Å². The molecule has 25 heavy (non-hydrogen) atoms. The molecule has 0 aliphatic heterocycles. The topological polar surface area (TPSA) is 64.6 Å². The van der Waals surface area contributed by atoms with Gasteiger partial charge in [-0.15, -0.1) is 0 Å². The number of methoxy groups -OCH3 is 1. The molecular formula is C19H25NO4S. The Morgan fingerprint density at radius 3 is 2.28 bits per heavy atom. The van der Waals surface area contributed by atoms with E-state index >= 15 is 0 Å². The Hall–Kier alpha value is -2.05. The Labute approximate surface area is 150 Å². The SMILES string of the molecule is CCOc1ccc(S(=O)(=O)N[C@@H](CC)c2ccc(OC)c(C)c2)cc1. The van der Waals surface area contributed by atoms with Crippen LogP contribution in [0.25, 0.3) is 0 Å². The average Bonchev–Trinajstić information content (AvgIpc) is 2.60. The maximum Gasteiger partial charge on any atom is 0.241 e. The molecule has 0 aromatic heterocycles. The predicted octanol–water partition coefficient (Wildman–Crippen LogP) is 3.83. The maximum atomic E-state index is 12.7. The van der Waals surface area contributed by atoms with Crippen LogP contribution in [0.2, 0.25) is 0 Å². The zero-order chi connectivity index (χ0) is 18.4. The molecular weight excluding hydrogens is 338 g/mol. The molecule has 2 rings (SSSR count). The van der Waals surface area contributed by atoms with E-state index in [2.05, 4.69) is 4.72 Å². The number of benzene rings is 2. The van der Waals surface area contributed by atoms with Crippen molar-refractivity contribution in [2.75, 3.05) is 13.7 Å². The van der Waals surface area contributed by atoms with Gasteiger partial charge in [-0.25, -0.2) is 13.1 Å². The summed E-state index contributed by atoms with van der Waals surface area (Å²) in [7, 11) is -2.00. The lowest BCUT2D eigenvalue weighted by atomic mass is 10.0. The molecule has 0 fully saturated rings. The molecule has 0 spiro atoms. The summed E-state index contributed by atoms with van der Waals surface area (Å²) in [6, 6.07) is 11.8. The fourth-order valence-corrected chi connectivity index (χ4v) is 3.95. The van der Waals surface area contributed by atoms with Gasteiger partial charge in [0.05, 0.1) is 18.6 Å². The van der Waals surface area contributed by atoms with Crippen LogP contribution >= 0.6 is 0 Å². The van der Waals surface area contributed by atoms with Crippen LogP contribution in [0.3, 0.4) is 0 Å². The summed E-state index contributed by atoms with van der Waals surface area (Å²) in [5.41, 5.74) is 1.88. The van der Waals surface area contributed by atoms with Crippen molar-refractivity contribution in [2.24, 2.45) is 0 Å². The number of hydrogen-bond donors (Lipinski definition) is 1. The van der Waals surface area contributed by atoms with Crippen LogP contribution in [0, 0.1) is 6.92 Å². The molecule has 0 aliphatic carbocycles. The molecule has 0 saturated heterocycles. The first-order valence-electron chi connectivity index (χ1n) is 8.31. The van der Waals surface area contributed by atoms with Crippen LogP contribution in [-0.4, -0.2) is 22.1 Å². The zero-order valence-corrected chi connectivity index (χ0v) is 15.9. The van der Waals surface area contributed by atoms with Crippen LogP contribution in [0.15, 0.2) is 47.4 Å². The smallest absolute Gasteiger partial charge is 0.241 e. The lowest BCUT2D eigenvalue weighted by molar-refractivity contribution is 0.340.